The fourth-order valence-corrected chi connectivity index (χ4v) is 2.88. The lowest BCUT2D eigenvalue weighted by Gasteiger charge is -2.21. The number of rotatable bonds is 0. The van der Waals surface area contributed by atoms with Gasteiger partial charge >= 0.3 is 0 Å². The van der Waals surface area contributed by atoms with Gasteiger partial charge in [0, 0.05) is 0 Å². The van der Waals surface area contributed by atoms with Gasteiger partial charge in [-0.3, -0.25) is 0 Å². The monoisotopic (exact) mass is 244 g/mol. The van der Waals surface area contributed by atoms with Gasteiger partial charge < -0.3 is 0 Å². The van der Waals surface area contributed by atoms with Gasteiger partial charge in [0.25, 0.3) is 0 Å². The molecule has 0 aliphatic heterocycles. The molecule has 0 heterocycles. The van der Waals surface area contributed by atoms with E-state index >= 15 is 0 Å². The Morgan fingerprint density at radius 3 is 2.53 bits per heavy atom. The first-order valence-corrected chi connectivity index (χ1v) is 6.39. The Labute approximate surface area is 112 Å². The third-order valence-electron chi connectivity index (χ3n) is 3.74. The summed E-state index contributed by atoms with van der Waals surface area (Å²) >= 11 is 0. The second kappa shape index (κ2) is 4.59. The molecule has 90 valence electrons. The van der Waals surface area contributed by atoms with Gasteiger partial charge in [0.1, 0.15) is 17.7 Å². The Hall–Kier alpha value is -2.58. The standard InChI is InChI=1S/C17H12N2/c18-10-13(11-19)15-6-3-7-16-14-5-2-1-4-12(14)8-9-17(15)16/h1-2,4-5,8-9H,3,6-7H2. The molecule has 1 aliphatic rings. The molecule has 0 amide bonds. The van der Waals surface area contributed by atoms with E-state index in [2.05, 4.69) is 24.3 Å². The smallest absolute Gasteiger partial charge is 0.133 e. The lowest BCUT2D eigenvalue weighted by atomic mass is 9.82. The zero-order valence-electron chi connectivity index (χ0n) is 10.5. The number of allylic oxidation sites excluding steroid dienone is 2. The summed E-state index contributed by atoms with van der Waals surface area (Å²) in [5.74, 6) is 0. The molecule has 0 aromatic heterocycles. The molecule has 0 saturated heterocycles. The van der Waals surface area contributed by atoms with E-state index in [-0.39, 0.29) is 5.57 Å². The van der Waals surface area contributed by atoms with Crippen LogP contribution in [0.1, 0.15) is 24.0 Å². The number of benzene rings is 2. The molecule has 2 heteroatoms. The van der Waals surface area contributed by atoms with Gasteiger partial charge in [0.05, 0.1) is 0 Å². The van der Waals surface area contributed by atoms with Gasteiger partial charge in [-0.05, 0) is 46.7 Å². The summed E-state index contributed by atoms with van der Waals surface area (Å²) in [6.45, 7) is 0. The minimum absolute atomic E-state index is 0.260. The number of fused-ring (bicyclic) bond motifs is 3. The number of nitriles is 2. The van der Waals surface area contributed by atoms with E-state index < -0.39 is 0 Å². The topological polar surface area (TPSA) is 47.6 Å². The van der Waals surface area contributed by atoms with E-state index in [1.807, 2.05) is 24.3 Å². The minimum atomic E-state index is 0.260. The van der Waals surface area contributed by atoms with Crippen LogP contribution in [0.2, 0.25) is 0 Å². The maximum absolute atomic E-state index is 9.09. The van der Waals surface area contributed by atoms with Crippen molar-refractivity contribution in [3.05, 3.63) is 53.1 Å². The molecule has 0 bridgehead atoms. The van der Waals surface area contributed by atoms with Crippen LogP contribution >= 0.6 is 0 Å². The lowest BCUT2D eigenvalue weighted by Crippen LogP contribution is -2.04. The molecule has 0 atom stereocenters. The van der Waals surface area contributed by atoms with Crippen LogP contribution in [-0.2, 0) is 6.42 Å². The van der Waals surface area contributed by atoms with Gasteiger partial charge in [-0.2, -0.15) is 10.5 Å². The second-order valence-corrected chi connectivity index (χ2v) is 4.74. The molecule has 0 saturated carbocycles. The van der Waals surface area contributed by atoms with Crippen molar-refractivity contribution < 1.29 is 0 Å². The molecule has 2 aromatic carbocycles. The fraction of sp³-hybridized carbons (Fsp3) is 0.176. The molecule has 0 spiro atoms. The highest BCUT2D eigenvalue weighted by molar-refractivity contribution is 5.92. The Morgan fingerprint density at radius 2 is 1.74 bits per heavy atom. The summed E-state index contributed by atoms with van der Waals surface area (Å²) in [5.41, 5.74) is 3.54. The zero-order chi connectivity index (χ0) is 13.2. The number of aryl methyl sites for hydroxylation is 1. The predicted molar refractivity (Wildman–Crippen MR) is 75.0 cm³/mol. The molecular weight excluding hydrogens is 232 g/mol. The summed E-state index contributed by atoms with van der Waals surface area (Å²) in [4.78, 5) is 0. The molecule has 3 rings (SSSR count). The summed E-state index contributed by atoms with van der Waals surface area (Å²) < 4.78 is 0. The first-order chi connectivity index (χ1) is 9.35. The van der Waals surface area contributed by atoms with Gasteiger partial charge in [-0.15, -0.1) is 0 Å². The SMILES string of the molecule is N#CC(C#N)=C1CCCc2c1ccc1ccccc21. The quantitative estimate of drug-likeness (QED) is 0.658. The molecule has 0 unspecified atom stereocenters. The van der Waals surface area contributed by atoms with Gasteiger partial charge in [-0.25, -0.2) is 0 Å². The third-order valence-corrected chi connectivity index (χ3v) is 3.74. The van der Waals surface area contributed by atoms with Crippen LogP contribution in [0.3, 0.4) is 0 Å². The van der Waals surface area contributed by atoms with Crippen molar-refractivity contribution >= 4 is 16.3 Å². The van der Waals surface area contributed by atoms with Crippen molar-refractivity contribution in [3.63, 3.8) is 0 Å². The molecule has 19 heavy (non-hydrogen) atoms. The zero-order valence-corrected chi connectivity index (χ0v) is 10.5. The highest BCUT2D eigenvalue weighted by Crippen LogP contribution is 2.36. The van der Waals surface area contributed by atoms with Crippen molar-refractivity contribution in [2.45, 2.75) is 19.3 Å². The minimum Gasteiger partial charge on any atom is -0.192 e. The molecule has 0 radical (unpaired) electrons. The molecule has 1 aliphatic carbocycles. The van der Waals surface area contributed by atoms with E-state index in [4.69, 9.17) is 10.5 Å². The van der Waals surface area contributed by atoms with Crippen LogP contribution in [0.25, 0.3) is 16.3 Å². The van der Waals surface area contributed by atoms with Crippen LogP contribution < -0.4 is 0 Å². The van der Waals surface area contributed by atoms with E-state index in [0.29, 0.717) is 0 Å². The maximum Gasteiger partial charge on any atom is 0.133 e. The molecule has 2 nitrogen and oxygen atoms in total. The summed E-state index contributed by atoms with van der Waals surface area (Å²) in [6, 6.07) is 16.5. The van der Waals surface area contributed by atoms with Crippen LogP contribution in [0, 0.1) is 22.7 Å². The Balaban J connectivity index is 2.34. The van der Waals surface area contributed by atoms with Crippen LogP contribution in [0.4, 0.5) is 0 Å². The van der Waals surface area contributed by atoms with E-state index in [1.54, 1.807) is 0 Å². The predicted octanol–water partition coefficient (Wildman–Crippen LogP) is 3.98. The average Bonchev–Trinajstić information content (AvgIpc) is 2.48. The fourth-order valence-electron chi connectivity index (χ4n) is 2.88. The van der Waals surface area contributed by atoms with Crippen molar-refractivity contribution in [1.29, 1.82) is 10.5 Å². The first kappa shape index (κ1) is 11.5. The number of hydrogen-bond donors (Lipinski definition) is 0. The van der Waals surface area contributed by atoms with E-state index in [0.717, 1.165) is 30.4 Å². The number of hydrogen-bond acceptors (Lipinski definition) is 2. The lowest BCUT2D eigenvalue weighted by molar-refractivity contribution is 0.827. The van der Waals surface area contributed by atoms with Gasteiger partial charge in [0.15, 0.2) is 0 Å². The second-order valence-electron chi connectivity index (χ2n) is 4.74. The van der Waals surface area contributed by atoms with Gasteiger partial charge in [0.2, 0.25) is 0 Å². The van der Waals surface area contributed by atoms with Crippen molar-refractivity contribution in [3.8, 4) is 12.1 Å². The van der Waals surface area contributed by atoms with Crippen molar-refractivity contribution in [2.75, 3.05) is 0 Å². The van der Waals surface area contributed by atoms with Crippen LogP contribution in [-0.4, -0.2) is 0 Å². The van der Waals surface area contributed by atoms with Gasteiger partial charge in [-0.1, -0.05) is 36.4 Å². The normalized spacial score (nSPS) is 13.5. The maximum atomic E-state index is 9.09. The first-order valence-electron chi connectivity index (χ1n) is 6.39. The van der Waals surface area contributed by atoms with Crippen LogP contribution in [0.5, 0.6) is 0 Å². The number of nitrogens with zero attached hydrogens (tertiary/aromatic N) is 2. The van der Waals surface area contributed by atoms with Crippen molar-refractivity contribution in [1.82, 2.24) is 0 Å². The van der Waals surface area contributed by atoms with Crippen molar-refractivity contribution in [2.24, 2.45) is 0 Å². The highest BCUT2D eigenvalue weighted by atomic mass is 14.3. The Morgan fingerprint density at radius 1 is 0.947 bits per heavy atom. The molecule has 0 N–H and O–H groups in total. The largest absolute Gasteiger partial charge is 0.192 e. The highest BCUT2D eigenvalue weighted by Gasteiger charge is 2.19. The molecule has 2 aromatic rings. The van der Waals surface area contributed by atoms with Crippen LogP contribution in [0.15, 0.2) is 42.0 Å². The third kappa shape index (κ3) is 1.79. The van der Waals surface area contributed by atoms with E-state index in [1.165, 1.54) is 16.3 Å². The summed E-state index contributed by atoms with van der Waals surface area (Å²) in [6.07, 6.45) is 2.84. The van der Waals surface area contributed by atoms with E-state index in [9.17, 15) is 0 Å². The Kier molecular flexibility index (Phi) is 2.78. The Bertz CT molecular complexity index is 754. The average molecular weight is 244 g/mol. The summed E-state index contributed by atoms with van der Waals surface area (Å²) in [5, 5.41) is 20.6. The molecular formula is C17H12N2. The summed E-state index contributed by atoms with van der Waals surface area (Å²) in [7, 11) is 0. The molecule has 0 fully saturated rings.